The molecule has 0 aliphatic rings. The smallest absolute Gasteiger partial charge is 0.268 e. The monoisotopic (exact) mass is 374 g/mol. The highest BCUT2D eigenvalue weighted by Gasteiger charge is 2.14. The number of nitrogens with zero attached hydrogens (tertiary/aromatic N) is 2. The molecule has 138 valence electrons. The summed E-state index contributed by atoms with van der Waals surface area (Å²) < 4.78 is 13.1. The van der Waals surface area contributed by atoms with Crippen molar-refractivity contribution in [2.24, 2.45) is 0 Å². The lowest BCUT2D eigenvalue weighted by atomic mass is 10.1. The summed E-state index contributed by atoms with van der Waals surface area (Å²) in [5.74, 6) is 1.38. The Balaban J connectivity index is 1.95. The molecule has 0 radical (unpaired) electrons. The van der Waals surface area contributed by atoms with E-state index in [1.165, 1.54) is 11.5 Å². The lowest BCUT2D eigenvalue weighted by Gasteiger charge is -2.12. The molecule has 26 heavy (non-hydrogen) atoms. The van der Waals surface area contributed by atoms with Crippen LogP contribution in [0.1, 0.15) is 11.1 Å². The number of aromatic nitrogens is 1. The van der Waals surface area contributed by atoms with Gasteiger partial charge in [0.25, 0.3) is 5.56 Å². The SMILES string of the molecule is COc1cc2sn(Cc3ccc(CN(C)C)c(O)c3)c(=O)c2cc1OC. The molecule has 1 aromatic heterocycles. The molecule has 1 N–H and O–H groups in total. The number of benzene rings is 2. The fourth-order valence-corrected chi connectivity index (χ4v) is 3.89. The normalized spacial score (nSPS) is 11.3. The highest BCUT2D eigenvalue weighted by atomic mass is 32.1. The van der Waals surface area contributed by atoms with E-state index in [0.717, 1.165) is 15.8 Å². The van der Waals surface area contributed by atoms with Crippen molar-refractivity contribution in [3.63, 3.8) is 0 Å². The molecule has 0 unspecified atom stereocenters. The molecule has 3 rings (SSSR count). The maximum absolute atomic E-state index is 12.7. The number of rotatable bonds is 6. The molecule has 2 aromatic carbocycles. The summed E-state index contributed by atoms with van der Waals surface area (Å²) in [5.41, 5.74) is 1.65. The third kappa shape index (κ3) is 3.54. The number of aromatic hydroxyl groups is 1. The minimum Gasteiger partial charge on any atom is -0.508 e. The molecule has 0 bridgehead atoms. The van der Waals surface area contributed by atoms with Crippen LogP contribution in [-0.2, 0) is 13.1 Å². The third-order valence-corrected chi connectivity index (χ3v) is 5.16. The summed E-state index contributed by atoms with van der Waals surface area (Å²) in [7, 11) is 7.02. The van der Waals surface area contributed by atoms with E-state index in [2.05, 4.69) is 0 Å². The first-order chi connectivity index (χ1) is 12.4. The van der Waals surface area contributed by atoms with Gasteiger partial charge in [-0.2, -0.15) is 0 Å². The van der Waals surface area contributed by atoms with Crippen LogP contribution >= 0.6 is 11.5 Å². The molecule has 0 aliphatic carbocycles. The van der Waals surface area contributed by atoms with Crippen molar-refractivity contribution in [2.45, 2.75) is 13.1 Å². The van der Waals surface area contributed by atoms with Gasteiger partial charge in [-0.05, 0) is 31.8 Å². The van der Waals surface area contributed by atoms with Gasteiger partial charge in [0.1, 0.15) is 5.75 Å². The third-order valence-electron chi connectivity index (χ3n) is 4.11. The van der Waals surface area contributed by atoms with Gasteiger partial charge in [-0.1, -0.05) is 23.7 Å². The Labute approximate surface area is 156 Å². The maximum atomic E-state index is 12.7. The largest absolute Gasteiger partial charge is 0.508 e. The van der Waals surface area contributed by atoms with E-state index in [-0.39, 0.29) is 11.3 Å². The van der Waals surface area contributed by atoms with Gasteiger partial charge in [0, 0.05) is 18.2 Å². The van der Waals surface area contributed by atoms with Crippen LogP contribution in [0.3, 0.4) is 0 Å². The molecule has 7 heteroatoms. The first-order valence-corrected chi connectivity index (χ1v) is 8.91. The molecule has 0 aliphatic heterocycles. The second kappa shape index (κ2) is 7.39. The van der Waals surface area contributed by atoms with Crippen LogP contribution in [0, 0.1) is 0 Å². The first kappa shape index (κ1) is 18.3. The van der Waals surface area contributed by atoms with E-state index in [9.17, 15) is 9.90 Å². The van der Waals surface area contributed by atoms with Gasteiger partial charge < -0.3 is 19.5 Å². The van der Waals surface area contributed by atoms with E-state index >= 15 is 0 Å². The van der Waals surface area contributed by atoms with E-state index in [0.29, 0.717) is 30.0 Å². The Morgan fingerprint density at radius 1 is 1.12 bits per heavy atom. The van der Waals surface area contributed by atoms with Gasteiger partial charge in [0.2, 0.25) is 0 Å². The summed E-state index contributed by atoms with van der Waals surface area (Å²) in [6.45, 7) is 1.06. The lowest BCUT2D eigenvalue weighted by Crippen LogP contribution is -2.14. The molecule has 3 aromatic rings. The quantitative estimate of drug-likeness (QED) is 0.719. The molecule has 0 fully saturated rings. The van der Waals surface area contributed by atoms with Crippen LogP contribution in [0.2, 0.25) is 0 Å². The van der Waals surface area contributed by atoms with Gasteiger partial charge in [0.05, 0.1) is 30.9 Å². The van der Waals surface area contributed by atoms with Crippen molar-refractivity contribution < 1.29 is 14.6 Å². The van der Waals surface area contributed by atoms with E-state index in [1.807, 2.05) is 37.2 Å². The molecule has 0 amide bonds. The zero-order valence-corrected chi connectivity index (χ0v) is 16.1. The number of hydrogen-bond donors (Lipinski definition) is 1. The van der Waals surface area contributed by atoms with Gasteiger partial charge >= 0.3 is 0 Å². The number of fused-ring (bicyclic) bond motifs is 1. The fourth-order valence-electron chi connectivity index (χ4n) is 2.85. The van der Waals surface area contributed by atoms with Gasteiger partial charge in [0.15, 0.2) is 11.5 Å². The second-order valence-corrected chi connectivity index (χ2v) is 7.40. The van der Waals surface area contributed by atoms with Crippen LogP contribution in [0.5, 0.6) is 17.2 Å². The molecule has 6 nitrogen and oxygen atoms in total. The second-order valence-electron chi connectivity index (χ2n) is 6.34. The van der Waals surface area contributed by atoms with Gasteiger partial charge in [-0.25, -0.2) is 0 Å². The van der Waals surface area contributed by atoms with Crippen molar-refractivity contribution in [3.8, 4) is 17.2 Å². The Kier molecular flexibility index (Phi) is 5.20. The highest BCUT2D eigenvalue weighted by molar-refractivity contribution is 7.13. The predicted molar refractivity (Wildman–Crippen MR) is 104 cm³/mol. The van der Waals surface area contributed by atoms with Crippen LogP contribution in [0.4, 0.5) is 0 Å². The molecule has 0 saturated carbocycles. The van der Waals surface area contributed by atoms with E-state index < -0.39 is 0 Å². The van der Waals surface area contributed by atoms with Crippen molar-refractivity contribution in [2.75, 3.05) is 28.3 Å². The van der Waals surface area contributed by atoms with Crippen molar-refractivity contribution in [1.82, 2.24) is 8.86 Å². The molecular formula is C19H22N2O4S. The van der Waals surface area contributed by atoms with Crippen LogP contribution < -0.4 is 15.0 Å². The van der Waals surface area contributed by atoms with Crippen molar-refractivity contribution in [1.29, 1.82) is 0 Å². The number of phenolic OH excluding ortho intramolecular Hbond substituents is 1. The minimum atomic E-state index is -0.0807. The van der Waals surface area contributed by atoms with Crippen molar-refractivity contribution >= 4 is 21.6 Å². The Bertz CT molecular complexity index is 991. The zero-order valence-electron chi connectivity index (χ0n) is 15.3. The highest BCUT2D eigenvalue weighted by Crippen LogP contribution is 2.33. The Hall–Kier alpha value is -2.51. The average Bonchev–Trinajstić information content (AvgIpc) is 2.91. The molecule has 0 saturated heterocycles. The van der Waals surface area contributed by atoms with E-state index in [1.54, 1.807) is 30.3 Å². The number of ether oxygens (including phenoxy) is 2. The molecule has 1 heterocycles. The number of hydrogen-bond acceptors (Lipinski definition) is 6. The first-order valence-electron chi connectivity index (χ1n) is 8.14. The van der Waals surface area contributed by atoms with E-state index in [4.69, 9.17) is 9.47 Å². The fraction of sp³-hybridized carbons (Fsp3) is 0.316. The summed E-state index contributed by atoms with van der Waals surface area (Å²) >= 11 is 1.37. The summed E-state index contributed by atoms with van der Waals surface area (Å²) in [4.78, 5) is 14.7. The van der Waals surface area contributed by atoms with Crippen LogP contribution in [0.25, 0.3) is 10.1 Å². The zero-order chi connectivity index (χ0) is 18.8. The Morgan fingerprint density at radius 3 is 2.42 bits per heavy atom. The summed E-state index contributed by atoms with van der Waals surface area (Å²) in [5, 5.41) is 10.8. The summed E-state index contributed by atoms with van der Waals surface area (Å²) in [6.07, 6.45) is 0. The topological polar surface area (TPSA) is 63.9 Å². The Morgan fingerprint density at radius 2 is 1.81 bits per heavy atom. The van der Waals surface area contributed by atoms with Crippen molar-refractivity contribution in [3.05, 3.63) is 51.8 Å². The maximum Gasteiger partial charge on any atom is 0.268 e. The molecular weight excluding hydrogens is 352 g/mol. The van der Waals surface area contributed by atoms with Crippen LogP contribution in [0.15, 0.2) is 35.1 Å². The minimum absolute atomic E-state index is 0.0807. The molecule has 0 spiro atoms. The number of phenols is 1. The van der Waals surface area contributed by atoms with Gasteiger partial charge in [-0.3, -0.25) is 8.75 Å². The number of methoxy groups -OCH3 is 2. The van der Waals surface area contributed by atoms with Crippen LogP contribution in [-0.4, -0.2) is 42.3 Å². The predicted octanol–water partition coefficient (Wildman–Crippen LogP) is 2.90. The lowest BCUT2D eigenvalue weighted by molar-refractivity contribution is 0.356. The summed E-state index contributed by atoms with van der Waals surface area (Å²) in [6, 6.07) is 9.08. The molecule has 0 atom stereocenters. The standard InChI is InChI=1S/C19H22N2O4S/c1-20(2)11-13-6-5-12(7-15(13)22)10-21-19(23)14-8-16(24-3)17(25-4)9-18(14)26-21/h5-9,22H,10-11H2,1-4H3. The van der Waals surface area contributed by atoms with Gasteiger partial charge in [-0.15, -0.1) is 0 Å². The average molecular weight is 374 g/mol.